The van der Waals surface area contributed by atoms with Crippen LogP contribution in [0.25, 0.3) is 0 Å². The van der Waals surface area contributed by atoms with E-state index in [2.05, 4.69) is 23.7 Å². The number of anilines is 2. The molecule has 0 saturated carbocycles. The summed E-state index contributed by atoms with van der Waals surface area (Å²) >= 11 is 0. The number of rotatable bonds is 1. The van der Waals surface area contributed by atoms with E-state index in [0.717, 1.165) is 30.3 Å². The molecule has 1 aromatic rings. The maximum Gasteiger partial charge on any atom is 0.128 e. The summed E-state index contributed by atoms with van der Waals surface area (Å²) in [7, 11) is 0. The Labute approximate surface area is 91.3 Å². The van der Waals surface area contributed by atoms with Crippen LogP contribution in [0, 0.1) is 12.3 Å². The molecule has 0 spiro atoms. The van der Waals surface area contributed by atoms with Gasteiger partial charge in [-0.1, -0.05) is 13.8 Å². The number of aromatic nitrogens is 1. The second-order valence-corrected chi connectivity index (χ2v) is 5.18. The highest BCUT2D eigenvalue weighted by Crippen LogP contribution is 2.31. The van der Waals surface area contributed by atoms with Crippen molar-refractivity contribution in [1.82, 2.24) is 4.98 Å². The molecule has 0 radical (unpaired) electrons. The third-order valence-electron chi connectivity index (χ3n) is 3.11. The zero-order chi connectivity index (χ0) is 11.1. The van der Waals surface area contributed by atoms with Crippen molar-refractivity contribution in [2.75, 3.05) is 23.7 Å². The lowest BCUT2D eigenvalue weighted by molar-refractivity contribution is 0.418. The van der Waals surface area contributed by atoms with Crippen LogP contribution < -0.4 is 10.6 Å². The minimum absolute atomic E-state index is 0.414. The minimum atomic E-state index is 0.414. The average molecular weight is 205 g/mol. The third kappa shape index (κ3) is 2.06. The SMILES string of the molecule is Cc1nc(N2CCC(C)(C)C2)ccc1N. The van der Waals surface area contributed by atoms with Gasteiger partial charge in [0.05, 0.1) is 11.4 Å². The lowest BCUT2D eigenvalue weighted by Gasteiger charge is -2.21. The summed E-state index contributed by atoms with van der Waals surface area (Å²) in [4.78, 5) is 6.86. The molecule has 0 atom stereocenters. The molecule has 0 bridgehead atoms. The smallest absolute Gasteiger partial charge is 0.128 e. The lowest BCUT2D eigenvalue weighted by Crippen LogP contribution is -2.23. The predicted molar refractivity (Wildman–Crippen MR) is 64.0 cm³/mol. The molecule has 2 N–H and O–H groups in total. The molecule has 3 nitrogen and oxygen atoms in total. The zero-order valence-electron chi connectivity index (χ0n) is 9.75. The summed E-state index contributed by atoms with van der Waals surface area (Å²) in [5.74, 6) is 1.06. The molecule has 1 saturated heterocycles. The number of hydrogen-bond donors (Lipinski definition) is 1. The fraction of sp³-hybridized carbons (Fsp3) is 0.583. The monoisotopic (exact) mass is 205 g/mol. The van der Waals surface area contributed by atoms with Crippen LogP contribution in [0.4, 0.5) is 11.5 Å². The molecule has 0 unspecified atom stereocenters. The number of nitrogens with zero attached hydrogens (tertiary/aromatic N) is 2. The molecule has 15 heavy (non-hydrogen) atoms. The van der Waals surface area contributed by atoms with E-state index >= 15 is 0 Å². The molecular formula is C12H19N3. The van der Waals surface area contributed by atoms with Gasteiger partial charge in [0.1, 0.15) is 5.82 Å². The van der Waals surface area contributed by atoms with Crippen LogP contribution in [0.3, 0.4) is 0 Å². The van der Waals surface area contributed by atoms with Gasteiger partial charge >= 0.3 is 0 Å². The van der Waals surface area contributed by atoms with Crippen LogP contribution in [0.5, 0.6) is 0 Å². The van der Waals surface area contributed by atoms with E-state index in [1.54, 1.807) is 0 Å². The Morgan fingerprint density at radius 1 is 1.40 bits per heavy atom. The number of aryl methyl sites for hydroxylation is 1. The fourth-order valence-corrected chi connectivity index (χ4v) is 2.04. The molecular weight excluding hydrogens is 186 g/mol. The van der Waals surface area contributed by atoms with Crippen molar-refractivity contribution in [2.45, 2.75) is 27.2 Å². The highest BCUT2D eigenvalue weighted by atomic mass is 15.2. The molecule has 0 aromatic carbocycles. The van der Waals surface area contributed by atoms with E-state index in [1.165, 1.54) is 6.42 Å². The van der Waals surface area contributed by atoms with Gasteiger partial charge in [0.2, 0.25) is 0 Å². The Hall–Kier alpha value is -1.25. The third-order valence-corrected chi connectivity index (χ3v) is 3.11. The zero-order valence-corrected chi connectivity index (χ0v) is 9.75. The Kier molecular flexibility index (Phi) is 2.33. The Morgan fingerprint density at radius 2 is 2.13 bits per heavy atom. The average Bonchev–Trinajstić information content (AvgIpc) is 2.51. The quantitative estimate of drug-likeness (QED) is 0.764. The first-order valence-electron chi connectivity index (χ1n) is 5.46. The molecule has 0 amide bonds. The van der Waals surface area contributed by atoms with E-state index in [0.29, 0.717) is 5.41 Å². The van der Waals surface area contributed by atoms with Crippen LogP contribution in [0.15, 0.2) is 12.1 Å². The van der Waals surface area contributed by atoms with Crippen LogP contribution in [0.2, 0.25) is 0 Å². The maximum absolute atomic E-state index is 5.76. The van der Waals surface area contributed by atoms with Gasteiger partial charge in [-0.2, -0.15) is 0 Å². The van der Waals surface area contributed by atoms with Crippen molar-refractivity contribution in [2.24, 2.45) is 5.41 Å². The van der Waals surface area contributed by atoms with Crippen molar-refractivity contribution in [3.63, 3.8) is 0 Å². The first-order chi connectivity index (χ1) is 6.98. The number of hydrogen-bond acceptors (Lipinski definition) is 3. The molecule has 1 aliphatic rings. The molecule has 2 heterocycles. The summed E-state index contributed by atoms with van der Waals surface area (Å²) in [6, 6.07) is 3.96. The summed E-state index contributed by atoms with van der Waals surface area (Å²) in [5.41, 5.74) is 7.88. The standard InChI is InChI=1S/C12H19N3/c1-9-10(13)4-5-11(14-9)15-7-6-12(2,3)8-15/h4-5H,6-8,13H2,1-3H3. The van der Waals surface area contributed by atoms with Crippen LogP contribution in [0.1, 0.15) is 26.0 Å². The molecule has 82 valence electrons. The number of nitrogen functional groups attached to an aromatic ring is 1. The van der Waals surface area contributed by atoms with Gasteiger partial charge < -0.3 is 10.6 Å². The minimum Gasteiger partial charge on any atom is -0.397 e. The van der Waals surface area contributed by atoms with E-state index in [-0.39, 0.29) is 0 Å². The Bertz CT molecular complexity index is 371. The van der Waals surface area contributed by atoms with E-state index < -0.39 is 0 Å². The van der Waals surface area contributed by atoms with Gasteiger partial charge in [0, 0.05) is 13.1 Å². The van der Waals surface area contributed by atoms with Gasteiger partial charge in [0.15, 0.2) is 0 Å². The molecule has 1 aliphatic heterocycles. The summed E-state index contributed by atoms with van der Waals surface area (Å²) < 4.78 is 0. The van der Waals surface area contributed by atoms with Crippen molar-refractivity contribution >= 4 is 11.5 Å². The normalized spacial score (nSPS) is 19.5. The van der Waals surface area contributed by atoms with E-state index in [4.69, 9.17) is 5.73 Å². The molecule has 3 heteroatoms. The fourth-order valence-electron chi connectivity index (χ4n) is 2.04. The van der Waals surface area contributed by atoms with Crippen molar-refractivity contribution in [3.8, 4) is 0 Å². The molecule has 2 rings (SSSR count). The van der Waals surface area contributed by atoms with Gasteiger partial charge in [-0.25, -0.2) is 4.98 Å². The van der Waals surface area contributed by atoms with Gasteiger partial charge in [-0.05, 0) is 30.9 Å². The maximum atomic E-state index is 5.76. The highest BCUT2D eigenvalue weighted by Gasteiger charge is 2.29. The number of pyridine rings is 1. The second kappa shape index (κ2) is 3.40. The molecule has 1 aromatic heterocycles. The van der Waals surface area contributed by atoms with Gasteiger partial charge in [-0.3, -0.25) is 0 Å². The van der Waals surface area contributed by atoms with Gasteiger partial charge in [0.25, 0.3) is 0 Å². The predicted octanol–water partition coefficient (Wildman–Crippen LogP) is 2.21. The summed E-state index contributed by atoms with van der Waals surface area (Å²) in [5, 5.41) is 0. The Balaban J connectivity index is 2.21. The van der Waals surface area contributed by atoms with E-state index in [1.807, 2.05) is 19.1 Å². The van der Waals surface area contributed by atoms with Gasteiger partial charge in [-0.15, -0.1) is 0 Å². The topological polar surface area (TPSA) is 42.2 Å². The number of nitrogens with two attached hydrogens (primary N) is 1. The van der Waals surface area contributed by atoms with E-state index in [9.17, 15) is 0 Å². The molecule has 1 fully saturated rings. The Morgan fingerprint density at radius 3 is 2.67 bits per heavy atom. The molecule has 0 aliphatic carbocycles. The highest BCUT2D eigenvalue weighted by molar-refractivity contribution is 5.51. The second-order valence-electron chi connectivity index (χ2n) is 5.18. The summed E-state index contributed by atoms with van der Waals surface area (Å²) in [6.07, 6.45) is 1.23. The van der Waals surface area contributed by atoms with Crippen molar-refractivity contribution in [3.05, 3.63) is 17.8 Å². The van der Waals surface area contributed by atoms with Crippen molar-refractivity contribution < 1.29 is 0 Å². The largest absolute Gasteiger partial charge is 0.397 e. The van der Waals surface area contributed by atoms with Crippen LogP contribution in [-0.4, -0.2) is 18.1 Å². The lowest BCUT2D eigenvalue weighted by atomic mass is 9.93. The first kappa shape index (κ1) is 10.3. The summed E-state index contributed by atoms with van der Waals surface area (Å²) in [6.45, 7) is 8.75. The van der Waals surface area contributed by atoms with Crippen LogP contribution >= 0.6 is 0 Å². The van der Waals surface area contributed by atoms with Crippen molar-refractivity contribution in [1.29, 1.82) is 0 Å². The van der Waals surface area contributed by atoms with Crippen LogP contribution in [-0.2, 0) is 0 Å². The first-order valence-corrected chi connectivity index (χ1v) is 5.46.